The van der Waals surface area contributed by atoms with Crippen LogP contribution < -0.4 is 10.1 Å². The fourth-order valence-corrected chi connectivity index (χ4v) is 4.93. The number of anilines is 2. The highest BCUT2D eigenvalue weighted by Crippen LogP contribution is 2.35. The van der Waals surface area contributed by atoms with E-state index in [0.29, 0.717) is 11.9 Å². The normalized spacial score (nSPS) is 21.8. The third-order valence-electron chi connectivity index (χ3n) is 6.66. The lowest BCUT2D eigenvalue weighted by atomic mass is 9.86. The highest BCUT2D eigenvalue weighted by molar-refractivity contribution is 5.76. The predicted octanol–water partition coefficient (Wildman–Crippen LogP) is 3.29. The molecule has 2 aliphatic rings. The second kappa shape index (κ2) is 8.43. The molecule has 1 aliphatic heterocycles. The van der Waals surface area contributed by atoms with Crippen LogP contribution in [-0.4, -0.2) is 57.1 Å². The Labute approximate surface area is 182 Å². The summed E-state index contributed by atoms with van der Waals surface area (Å²) in [5.41, 5.74) is 4.35. The van der Waals surface area contributed by atoms with Crippen molar-refractivity contribution in [2.24, 2.45) is 5.92 Å². The fourth-order valence-electron chi connectivity index (χ4n) is 4.93. The Bertz CT molecular complexity index is 1080. The molecular formula is C23H30N6O2. The Balaban J connectivity index is 1.45. The van der Waals surface area contributed by atoms with Crippen LogP contribution in [0.2, 0.25) is 0 Å². The van der Waals surface area contributed by atoms with Crippen molar-refractivity contribution in [1.29, 1.82) is 0 Å². The summed E-state index contributed by atoms with van der Waals surface area (Å²) in [4.78, 5) is 11.6. The number of rotatable bonds is 5. The summed E-state index contributed by atoms with van der Waals surface area (Å²) < 4.78 is 7.67. The standard InChI is InChI=1S/C23H30N6O2/c1-28-7-6-16-10-21(31-2)20(9-17(16)13-28)26-23-24-11-18-12-25-29(22(18)27-23)19-5-3-4-15(8-19)14-30/h9-12,15,19,30H,3-8,13-14H2,1-2H3,(H,24,26,27)/t15-,19+/m0/s1. The van der Waals surface area contributed by atoms with E-state index in [1.54, 1.807) is 7.11 Å². The van der Waals surface area contributed by atoms with Crippen LogP contribution in [0.25, 0.3) is 11.0 Å². The molecule has 31 heavy (non-hydrogen) atoms. The van der Waals surface area contributed by atoms with Gasteiger partial charge in [0.05, 0.1) is 30.4 Å². The number of hydrogen-bond acceptors (Lipinski definition) is 7. The second-order valence-corrected chi connectivity index (χ2v) is 8.86. The number of likely N-dealkylation sites (N-methyl/N-ethyl adjacent to an activating group) is 1. The Kier molecular flexibility index (Phi) is 5.50. The van der Waals surface area contributed by atoms with Crippen LogP contribution in [0.3, 0.4) is 0 Å². The van der Waals surface area contributed by atoms with E-state index in [1.807, 2.05) is 17.1 Å². The van der Waals surface area contributed by atoms with Crippen LogP contribution in [0.5, 0.6) is 5.75 Å². The molecule has 0 radical (unpaired) electrons. The topological polar surface area (TPSA) is 88.3 Å². The molecule has 164 valence electrons. The minimum atomic E-state index is 0.241. The summed E-state index contributed by atoms with van der Waals surface area (Å²) >= 11 is 0. The Hall–Kier alpha value is -2.71. The minimum absolute atomic E-state index is 0.241. The summed E-state index contributed by atoms with van der Waals surface area (Å²) in [6.45, 7) is 2.23. The van der Waals surface area contributed by atoms with E-state index in [9.17, 15) is 5.11 Å². The van der Waals surface area contributed by atoms with Crippen molar-refractivity contribution in [3.63, 3.8) is 0 Å². The molecule has 1 saturated carbocycles. The van der Waals surface area contributed by atoms with Gasteiger partial charge in [-0.3, -0.25) is 0 Å². The molecule has 0 bridgehead atoms. The summed E-state index contributed by atoms with van der Waals surface area (Å²) in [6, 6.07) is 4.55. The number of nitrogens with one attached hydrogen (secondary N) is 1. The molecule has 2 atom stereocenters. The first kappa shape index (κ1) is 20.2. The molecule has 1 aliphatic carbocycles. The Morgan fingerprint density at radius 2 is 2.13 bits per heavy atom. The van der Waals surface area contributed by atoms with Gasteiger partial charge in [-0.2, -0.15) is 10.1 Å². The molecular weight excluding hydrogens is 392 g/mol. The number of aromatic nitrogens is 4. The SMILES string of the molecule is COc1cc2c(cc1Nc1ncc3cnn([C@@H]4CCC[C@H](CO)C4)c3n1)CN(C)CC2. The molecule has 8 heteroatoms. The second-order valence-electron chi connectivity index (χ2n) is 8.86. The van der Waals surface area contributed by atoms with Gasteiger partial charge in [-0.25, -0.2) is 9.67 Å². The van der Waals surface area contributed by atoms with Crippen molar-refractivity contribution in [3.8, 4) is 5.75 Å². The van der Waals surface area contributed by atoms with E-state index >= 15 is 0 Å². The van der Waals surface area contributed by atoms with Crippen LogP contribution in [0.1, 0.15) is 42.9 Å². The summed E-state index contributed by atoms with van der Waals surface area (Å²) in [6.07, 6.45) is 8.87. The molecule has 3 aromatic rings. The predicted molar refractivity (Wildman–Crippen MR) is 120 cm³/mol. The number of hydrogen-bond donors (Lipinski definition) is 2. The average molecular weight is 423 g/mol. The van der Waals surface area contributed by atoms with Crippen LogP contribution >= 0.6 is 0 Å². The number of nitrogens with zero attached hydrogens (tertiary/aromatic N) is 5. The van der Waals surface area contributed by atoms with E-state index < -0.39 is 0 Å². The van der Waals surface area contributed by atoms with E-state index in [0.717, 1.165) is 67.7 Å². The number of fused-ring (bicyclic) bond motifs is 2. The molecule has 2 aromatic heterocycles. The lowest BCUT2D eigenvalue weighted by Crippen LogP contribution is -2.26. The van der Waals surface area contributed by atoms with Gasteiger partial charge < -0.3 is 20.1 Å². The number of methoxy groups -OCH3 is 1. The molecule has 2 N–H and O–H groups in total. The van der Waals surface area contributed by atoms with E-state index in [1.165, 1.54) is 11.1 Å². The molecule has 0 saturated heterocycles. The van der Waals surface area contributed by atoms with Crippen molar-refractivity contribution >= 4 is 22.7 Å². The van der Waals surface area contributed by atoms with Gasteiger partial charge >= 0.3 is 0 Å². The lowest BCUT2D eigenvalue weighted by Gasteiger charge is -2.28. The quantitative estimate of drug-likeness (QED) is 0.652. The van der Waals surface area contributed by atoms with Crippen molar-refractivity contribution in [2.45, 2.75) is 44.7 Å². The highest BCUT2D eigenvalue weighted by atomic mass is 16.5. The van der Waals surface area contributed by atoms with E-state index in [-0.39, 0.29) is 12.6 Å². The number of aliphatic hydroxyl groups is 1. The zero-order valence-electron chi connectivity index (χ0n) is 18.2. The smallest absolute Gasteiger partial charge is 0.229 e. The maximum atomic E-state index is 9.60. The lowest BCUT2D eigenvalue weighted by molar-refractivity contribution is 0.159. The Morgan fingerprint density at radius 3 is 2.97 bits per heavy atom. The van der Waals surface area contributed by atoms with Gasteiger partial charge in [-0.15, -0.1) is 0 Å². The van der Waals surface area contributed by atoms with Crippen LogP contribution in [0.4, 0.5) is 11.6 Å². The molecule has 3 heterocycles. The largest absolute Gasteiger partial charge is 0.495 e. The summed E-state index contributed by atoms with van der Waals surface area (Å²) in [5, 5.41) is 18.5. The first-order valence-electron chi connectivity index (χ1n) is 11.1. The van der Waals surface area contributed by atoms with Crippen molar-refractivity contribution in [2.75, 3.05) is 32.6 Å². The van der Waals surface area contributed by atoms with Crippen molar-refractivity contribution < 1.29 is 9.84 Å². The molecule has 0 amide bonds. The minimum Gasteiger partial charge on any atom is -0.495 e. The van der Waals surface area contributed by atoms with E-state index in [2.05, 4.69) is 39.5 Å². The summed E-state index contributed by atoms with van der Waals surface area (Å²) in [5.74, 6) is 1.68. The molecule has 5 rings (SSSR count). The van der Waals surface area contributed by atoms with Crippen LogP contribution in [0.15, 0.2) is 24.5 Å². The van der Waals surface area contributed by atoms with Crippen molar-refractivity contribution in [3.05, 3.63) is 35.7 Å². The fraction of sp³-hybridized carbons (Fsp3) is 0.522. The van der Waals surface area contributed by atoms with E-state index in [4.69, 9.17) is 9.72 Å². The third kappa shape index (κ3) is 3.97. The summed E-state index contributed by atoms with van der Waals surface area (Å²) in [7, 11) is 3.84. The van der Waals surface area contributed by atoms with Gasteiger partial charge in [-0.1, -0.05) is 6.42 Å². The Morgan fingerprint density at radius 1 is 1.23 bits per heavy atom. The zero-order chi connectivity index (χ0) is 21.4. The molecule has 8 nitrogen and oxygen atoms in total. The van der Waals surface area contributed by atoms with Gasteiger partial charge in [-0.05, 0) is 61.9 Å². The number of aliphatic hydroxyl groups excluding tert-OH is 1. The zero-order valence-corrected chi connectivity index (χ0v) is 18.2. The molecule has 0 spiro atoms. The number of ether oxygens (including phenoxy) is 1. The molecule has 1 aromatic carbocycles. The average Bonchev–Trinajstić information content (AvgIpc) is 3.22. The van der Waals surface area contributed by atoms with Crippen LogP contribution in [-0.2, 0) is 13.0 Å². The van der Waals surface area contributed by atoms with Gasteiger partial charge in [0.1, 0.15) is 5.75 Å². The van der Waals surface area contributed by atoms with Crippen molar-refractivity contribution in [1.82, 2.24) is 24.6 Å². The maximum Gasteiger partial charge on any atom is 0.229 e. The third-order valence-corrected chi connectivity index (χ3v) is 6.66. The van der Waals surface area contributed by atoms with Gasteiger partial charge in [0.25, 0.3) is 0 Å². The molecule has 0 unspecified atom stereocenters. The van der Waals surface area contributed by atoms with Crippen LogP contribution in [0, 0.1) is 5.92 Å². The van der Waals surface area contributed by atoms with Gasteiger partial charge in [0.2, 0.25) is 5.95 Å². The first-order chi connectivity index (χ1) is 15.1. The number of benzene rings is 1. The first-order valence-corrected chi connectivity index (χ1v) is 11.1. The highest BCUT2D eigenvalue weighted by Gasteiger charge is 2.25. The monoisotopic (exact) mass is 422 g/mol. The maximum absolute atomic E-state index is 9.60. The van der Waals surface area contributed by atoms with Gasteiger partial charge in [0, 0.05) is 25.9 Å². The van der Waals surface area contributed by atoms with Gasteiger partial charge in [0.15, 0.2) is 5.65 Å². The molecule has 1 fully saturated rings.